The second kappa shape index (κ2) is 5.18. The number of nitrogens with one attached hydrogen (secondary N) is 1. The van der Waals surface area contributed by atoms with Gasteiger partial charge in [-0.3, -0.25) is 0 Å². The SMILES string of the molecule is CCC1CCN(c2cc(NN)nc(N)n2)CC1. The van der Waals surface area contributed by atoms with Crippen molar-refractivity contribution in [2.45, 2.75) is 26.2 Å². The van der Waals surface area contributed by atoms with Gasteiger partial charge in [0.1, 0.15) is 11.6 Å². The maximum atomic E-state index is 5.65. The zero-order chi connectivity index (χ0) is 12.3. The number of nitrogen functional groups attached to an aromatic ring is 2. The molecule has 94 valence electrons. The van der Waals surface area contributed by atoms with Crippen LogP contribution in [-0.4, -0.2) is 23.1 Å². The molecule has 0 unspecified atom stereocenters. The minimum absolute atomic E-state index is 0.257. The quantitative estimate of drug-likeness (QED) is 0.535. The van der Waals surface area contributed by atoms with Crippen molar-refractivity contribution in [1.29, 1.82) is 0 Å². The summed E-state index contributed by atoms with van der Waals surface area (Å²) in [6, 6.07) is 1.84. The fraction of sp³-hybridized carbons (Fsp3) is 0.636. The first kappa shape index (κ1) is 11.9. The van der Waals surface area contributed by atoms with Crippen molar-refractivity contribution < 1.29 is 0 Å². The number of hydrogen-bond acceptors (Lipinski definition) is 6. The molecule has 2 rings (SSSR count). The molecule has 0 saturated carbocycles. The molecule has 1 saturated heterocycles. The van der Waals surface area contributed by atoms with Gasteiger partial charge in [0, 0.05) is 19.2 Å². The van der Waals surface area contributed by atoms with Crippen molar-refractivity contribution in [2.75, 3.05) is 29.1 Å². The smallest absolute Gasteiger partial charge is 0.223 e. The number of nitrogens with two attached hydrogens (primary N) is 2. The fourth-order valence-electron chi connectivity index (χ4n) is 2.26. The number of aromatic nitrogens is 2. The summed E-state index contributed by atoms with van der Waals surface area (Å²) in [6.07, 6.45) is 3.69. The third-order valence-corrected chi connectivity index (χ3v) is 3.39. The van der Waals surface area contributed by atoms with Gasteiger partial charge in [-0.05, 0) is 18.8 Å². The van der Waals surface area contributed by atoms with Gasteiger partial charge in [0.05, 0.1) is 0 Å². The van der Waals surface area contributed by atoms with Crippen LogP contribution in [0.5, 0.6) is 0 Å². The molecule has 1 aliphatic rings. The molecular formula is C11H20N6. The molecule has 6 heteroatoms. The molecule has 0 amide bonds. The number of nitrogens with zero attached hydrogens (tertiary/aromatic N) is 3. The lowest BCUT2D eigenvalue weighted by molar-refractivity contribution is 0.394. The lowest BCUT2D eigenvalue weighted by Gasteiger charge is -2.32. The van der Waals surface area contributed by atoms with Crippen molar-refractivity contribution in [3.63, 3.8) is 0 Å². The van der Waals surface area contributed by atoms with Crippen molar-refractivity contribution in [3.8, 4) is 0 Å². The van der Waals surface area contributed by atoms with Gasteiger partial charge < -0.3 is 16.1 Å². The monoisotopic (exact) mass is 236 g/mol. The Kier molecular flexibility index (Phi) is 3.63. The average Bonchev–Trinajstić information content (AvgIpc) is 2.38. The van der Waals surface area contributed by atoms with E-state index in [1.807, 2.05) is 6.07 Å². The van der Waals surface area contributed by atoms with E-state index in [-0.39, 0.29) is 5.95 Å². The second-order valence-corrected chi connectivity index (χ2v) is 4.45. The van der Waals surface area contributed by atoms with Crippen LogP contribution in [0.2, 0.25) is 0 Å². The second-order valence-electron chi connectivity index (χ2n) is 4.45. The fourth-order valence-corrected chi connectivity index (χ4v) is 2.26. The van der Waals surface area contributed by atoms with Crippen LogP contribution in [0.4, 0.5) is 17.6 Å². The van der Waals surface area contributed by atoms with Crippen LogP contribution < -0.4 is 21.9 Å². The van der Waals surface area contributed by atoms with Crippen LogP contribution in [0, 0.1) is 5.92 Å². The molecule has 1 aliphatic heterocycles. The molecule has 1 fully saturated rings. The van der Waals surface area contributed by atoms with E-state index in [1.165, 1.54) is 19.3 Å². The Labute approximate surface area is 101 Å². The third-order valence-electron chi connectivity index (χ3n) is 3.39. The Balaban J connectivity index is 2.10. The van der Waals surface area contributed by atoms with E-state index in [2.05, 4.69) is 27.2 Å². The van der Waals surface area contributed by atoms with Crippen molar-refractivity contribution in [3.05, 3.63) is 6.07 Å². The summed E-state index contributed by atoms with van der Waals surface area (Å²) in [4.78, 5) is 10.5. The standard InChI is InChI=1S/C11H20N6/c1-2-8-3-5-17(6-4-8)10-7-9(16-13)14-11(12)15-10/h7-8H,2-6,13H2,1H3,(H3,12,14,15,16). The summed E-state index contributed by atoms with van der Waals surface area (Å²) in [5.41, 5.74) is 8.16. The summed E-state index contributed by atoms with van der Waals surface area (Å²) >= 11 is 0. The first-order valence-electron chi connectivity index (χ1n) is 6.09. The highest BCUT2D eigenvalue weighted by Crippen LogP contribution is 2.25. The minimum Gasteiger partial charge on any atom is -0.368 e. The Morgan fingerprint density at radius 3 is 2.71 bits per heavy atom. The molecule has 0 aliphatic carbocycles. The molecule has 0 radical (unpaired) electrons. The van der Waals surface area contributed by atoms with Gasteiger partial charge in [-0.1, -0.05) is 13.3 Å². The Morgan fingerprint density at radius 2 is 2.12 bits per heavy atom. The maximum absolute atomic E-state index is 5.65. The molecule has 6 nitrogen and oxygen atoms in total. The molecule has 0 atom stereocenters. The van der Waals surface area contributed by atoms with Gasteiger partial charge in [-0.2, -0.15) is 9.97 Å². The first-order chi connectivity index (χ1) is 8.22. The van der Waals surface area contributed by atoms with E-state index in [0.717, 1.165) is 24.8 Å². The van der Waals surface area contributed by atoms with E-state index in [9.17, 15) is 0 Å². The highest BCUT2D eigenvalue weighted by molar-refractivity contribution is 5.52. The summed E-state index contributed by atoms with van der Waals surface area (Å²) in [5.74, 6) is 7.87. The largest absolute Gasteiger partial charge is 0.368 e. The maximum Gasteiger partial charge on any atom is 0.223 e. The molecule has 2 heterocycles. The Bertz CT molecular complexity index is 372. The lowest BCUT2D eigenvalue weighted by atomic mass is 9.94. The highest BCUT2D eigenvalue weighted by Gasteiger charge is 2.19. The predicted molar refractivity (Wildman–Crippen MR) is 69.5 cm³/mol. The highest BCUT2D eigenvalue weighted by atomic mass is 15.3. The van der Waals surface area contributed by atoms with Crippen molar-refractivity contribution in [1.82, 2.24) is 9.97 Å². The van der Waals surface area contributed by atoms with E-state index >= 15 is 0 Å². The van der Waals surface area contributed by atoms with Gasteiger partial charge in [0.25, 0.3) is 0 Å². The number of rotatable bonds is 3. The van der Waals surface area contributed by atoms with Crippen LogP contribution in [0.3, 0.4) is 0 Å². The van der Waals surface area contributed by atoms with E-state index in [0.29, 0.717) is 5.82 Å². The summed E-state index contributed by atoms with van der Waals surface area (Å²) in [6.45, 7) is 4.30. The number of hydrogen-bond donors (Lipinski definition) is 3. The van der Waals surface area contributed by atoms with E-state index in [4.69, 9.17) is 11.6 Å². The molecule has 5 N–H and O–H groups in total. The van der Waals surface area contributed by atoms with E-state index < -0.39 is 0 Å². The molecule has 0 bridgehead atoms. The van der Waals surface area contributed by atoms with Gasteiger partial charge in [0.15, 0.2) is 0 Å². The summed E-state index contributed by atoms with van der Waals surface area (Å²) in [5, 5.41) is 0. The third kappa shape index (κ3) is 2.76. The molecule has 0 spiro atoms. The lowest BCUT2D eigenvalue weighted by Crippen LogP contribution is -2.34. The van der Waals surface area contributed by atoms with Crippen LogP contribution in [-0.2, 0) is 0 Å². The number of hydrazine groups is 1. The number of piperidine rings is 1. The Hall–Kier alpha value is -1.56. The molecular weight excluding hydrogens is 216 g/mol. The van der Waals surface area contributed by atoms with Crippen molar-refractivity contribution in [2.24, 2.45) is 11.8 Å². The Morgan fingerprint density at radius 1 is 1.41 bits per heavy atom. The van der Waals surface area contributed by atoms with Crippen LogP contribution >= 0.6 is 0 Å². The molecule has 0 aromatic carbocycles. The minimum atomic E-state index is 0.257. The topological polar surface area (TPSA) is 93.1 Å². The number of anilines is 3. The van der Waals surface area contributed by atoms with Crippen LogP contribution in [0.25, 0.3) is 0 Å². The van der Waals surface area contributed by atoms with Crippen LogP contribution in [0.1, 0.15) is 26.2 Å². The van der Waals surface area contributed by atoms with Gasteiger partial charge in [-0.25, -0.2) is 5.84 Å². The predicted octanol–water partition coefficient (Wildman–Crippen LogP) is 0.971. The van der Waals surface area contributed by atoms with E-state index in [1.54, 1.807) is 0 Å². The average molecular weight is 236 g/mol. The zero-order valence-corrected chi connectivity index (χ0v) is 10.2. The normalized spacial score (nSPS) is 17.2. The van der Waals surface area contributed by atoms with Gasteiger partial charge >= 0.3 is 0 Å². The van der Waals surface area contributed by atoms with Crippen LogP contribution in [0.15, 0.2) is 6.07 Å². The molecule has 1 aromatic heterocycles. The molecule has 17 heavy (non-hydrogen) atoms. The summed E-state index contributed by atoms with van der Waals surface area (Å²) < 4.78 is 0. The van der Waals surface area contributed by atoms with Gasteiger partial charge in [0.2, 0.25) is 5.95 Å². The van der Waals surface area contributed by atoms with Gasteiger partial charge in [-0.15, -0.1) is 0 Å². The zero-order valence-electron chi connectivity index (χ0n) is 10.2. The first-order valence-corrected chi connectivity index (χ1v) is 6.09. The summed E-state index contributed by atoms with van der Waals surface area (Å²) in [7, 11) is 0. The molecule has 1 aromatic rings. The van der Waals surface area contributed by atoms with Crippen molar-refractivity contribution >= 4 is 17.6 Å².